The van der Waals surface area contributed by atoms with Gasteiger partial charge in [-0.2, -0.15) is 0 Å². The Balaban J connectivity index is 2.43. The molecule has 0 aromatic heterocycles. The van der Waals surface area contributed by atoms with Crippen molar-refractivity contribution in [2.45, 2.75) is 46.2 Å². The van der Waals surface area contributed by atoms with Gasteiger partial charge in [0.05, 0.1) is 0 Å². The third-order valence-electron chi connectivity index (χ3n) is 2.57. The van der Waals surface area contributed by atoms with Crippen LogP contribution in [0.4, 0.5) is 0 Å². The average Bonchev–Trinajstić information content (AvgIpc) is 2.50. The predicted molar refractivity (Wildman–Crippen MR) is 59.2 cm³/mol. The van der Waals surface area contributed by atoms with Crippen molar-refractivity contribution >= 4 is 5.78 Å². The summed E-state index contributed by atoms with van der Waals surface area (Å²) in [6.07, 6.45) is 5.13. The Hall–Kier alpha value is -0.630. The molecule has 1 aliphatic rings. The number of allylic oxidation sites excluding steroid dienone is 1. The minimum Gasteiger partial charge on any atom is -0.308 e. The van der Waals surface area contributed by atoms with Crippen molar-refractivity contribution in [2.75, 3.05) is 0 Å². The van der Waals surface area contributed by atoms with Crippen molar-refractivity contribution in [3.8, 4) is 0 Å². The van der Waals surface area contributed by atoms with Gasteiger partial charge in [-0.05, 0) is 6.42 Å². The van der Waals surface area contributed by atoms with E-state index >= 15 is 0 Å². The Morgan fingerprint density at radius 3 is 2.43 bits per heavy atom. The first-order valence-electron chi connectivity index (χ1n) is 5.48. The highest BCUT2D eigenvalue weighted by Gasteiger charge is 2.26. The van der Waals surface area contributed by atoms with Gasteiger partial charge in [-0.3, -0.25) is 4.79 Å². The molecular weight excluding hydrogens is 174 g/mol. The smallest absolute Gasteiger partial charge is 0.142 e. The van der Waals surface area contributed by atoms with Crippen molar-refractivity contribution in [1.82, 2.24) is 5.32 Å². The summed E-state index contributed by atoms with van der Waals surface area (Å²) in [7, 11) is 0. The number of carbonyl (C=O) groups is 1. The highest BCUT2D eigenvalue weighted by atomic mass is 16.1. The van der Waals surface area contributed by atoms with E-state index in [1.807, 2.05) is 13.8 Å². The number of carbonyl (C=O) groups excluding carboxylic acids is 1. The summed E-state index contributed by atoms with van der Waals surface area (Å²) < 4.78 is 0. The molecule has 1 rings (SSSR count). The third kappa shape index (κ3) is 2.95. The second-order valence-corrected chi connectivity index (χ2v) is 4.71. The first kappa shape index (κ1) is 11.4. The van der Waals surface area contributed by atoms with E-state index in [1.54, 1.807) is 0 Å². The van der Waals surface area contributed by atoms with Gasteiger partial charge in [0.25, 0.3) is 0 Å². The highest BCUT2D eigenvalue weighted by Crippen LogP contribution is 2.22. The van der Waals surface area contributed by atoms with Gasteiger partial charge >= 0.3 is 0 Å². The van der Waals surface area contributed by atoms with Gasteiger partial charge in [0.15, 0.2) is 0 Å². The molecule has 2 heteroatoms. The van der Waals surface area contributed by atoms with Crippen LogP contribution in [-0.2, 0) is 4.79 Å². The lowest BCUT2D eigenvalue weighted by molar-refractivity contribution is -0.124. The molecule has 1 aliphatic carbocycles. The van der Waals surface area contributed by atoms with E-state index in [1.165, 1.54) is 0 Å². The first-order valence-corrected chi connectivity index (χ1v) is 5.48. The summed E-state index contributed by atoms with van der Waals surface area (Å²) >= 11 is 0. The van der Waals surface area contributed by atoms with E-state index in [4.69, 9.17) is 0 Å². The summed E-state index contributed by atoms with van der Waals surface area (Å²) in [6, 6.07) is 0.875. The molecule has 0 fully saturated rings. The van der Waals surface area contributed by atoms with Gasteiger partial charge < -0.3 is 5.32 Å². The molecule has 80 valence electrons. The number of nitrogens with one attached hydrogen (secondary N) is 1. The molecule has 0 aromatic rings. The van der Waals surface area contributed by atoms with Crippen LogP contribution in [0.1, 0.15) is 34.1 Å². The van der Waals surface area contributed by atoms with Crippen LogP contribution in [0, 0.1) is 11.8 Å². The van der Waals surface area contributed by atoms with Crippen LogP contribution in [0.15, 0.2) is 12.2 Å². The van der Waals surface area contributed by atoms with Crippen LogP contribution in [0.5, 0.6) is 0 Å². The number of Topliss-reactive ketones (excluding diaryl/α,β-unsaturated/α-hetero) is 1. The van der Waals surface area contributed by atoms with Crippen molar-refractivity contribution in [1.29, 1.82) is 0 Å². The molecule has 0 saturated carbocycles. The SMILES string of the molecule is CC(C)N[C@H]1C=C[C@@H](C(=O)C(C)C)C1. The number of hydrogen-bond acceptors (Lipinski definition) is 2. The largest absolute Gasteiger partial charge is 0.308 e. The molecule has 0 heterocycles. The standard InChI is InChI=1S/C12H21NO/c1-8(2)12(14)10-5-6-11(7-10)13-9(3)4/h5-6,8-11,13H,7H2,1-4H3/t10-,11+/m1/s1. The van der Waals surface area contributed by atoms with Crippen LogP contribution >= 0.6 is 0 Å². The molecule has 14 heavy (non-hydrogen) atoms. The quantitative estimate of drug-likeness (QED) is 0.696. The number of ketones is 1. The third-order valence-corrected chi connectivity index (χ3v) is 2.57. The fourth-order valence-electron chi connectivity index (χ4n) is 1.89. The van der Waals surface area contributed by atoms with Gasteiger partial charge in [-0.15, -0.1) is 0 Å². The Morgan fingerprint density at radius 1 is 1.29 bits per heavy atom. The second-order valence-electron chi connectivity index (χ2n) is 4.71. The maximum absolute atomic E-state index is 11.7. The van der Waals surface area contributed by atoms with Gasteiger partial charge in [0.2, 0.25) is 0 Å². The van der Waals surface area contributed by atoms with Gasteiger partial charge in [0.1, 0.15) is 5.78 Å². The Morgan fingerprint density at radius 2 is 1.93 bits per heavy atom. The maximum Gasteiger partial charge on any atom is 0.142 e. The summed E-state index contributed by atoms with van der Waals surface area (Å²) in [6.45, 7) is 8.20. The van der Waals surface area contributed by atoms with Crippen molar-refractivity contribution < 1.29 is 4.79 Å². The molecular formula is C12H21NO. The molecule has 0 spiro atoms. The summed E-state index contributed by atoms with van der Waals surface area (Å²) in [5.74, 6) is 0.669. The summed E-state index contributed by atoms with van der Waals surface area (Å²) in [5.41, 5.74) is 0. The topological polar surface area (TPSA) is 29.1 Å². The second kappa shape index (κ2) is 4.74. The molecule has 0 amide bonds. The Kier molecular flexibility index (Phi) is 3.87. The minimum atomic E-state index is 0.145. The minimum absolute atomic E-state index is 0.145. The van der Waals surface area contributed by atoms with Gasteiger partial charge in [-0.25, -0.2) is 0 Å². The molecule has 2 atom stereocenters. The van der Waals surface area contributed by atoms with E-state index in [2.05, 4.69) is 31.3 Å². The Bertz CT molecular complexity index is 230. The van der Waals surface area contributed by atoms with Gasteiger partial charge in [0, 0.05) is 23.9 Å². The molecule has 2 nitrogen and oxygen atoms in total. The fraction of sp³-hybridized carbons (Fsp3) is 0.750. The lowest BCUT2D eigenvalue weighted by Gasteiger charge is -2.16. The molecule has 1 N–H and O–H groups in total. The van der Waals surface area contributed by atoms with E-state index in [0.29, 0.717) is 17.9 Å². The predicted octanol–water partition coefficient (Wildman–Crippen LogP) is 2.15. The zero-order valence-corrected chi connectivity index (χ0v) is 9.58. The molecule has 0 aromatic carbocycles. The zero-order valence-electron chi connectivity index (χ0n) is 9.58. The van der Waals surface area contributed by atoms with E-state index < -0.39 is 0 Å². The highest BCUT2D eigenvalue weighted by molar-refractivity contribution is 5.84. The van der Waals surface area contributed by atoms with Crippen molar-refractivity contribution in [2.24, 2.45) is 11.8 Å². The van der Waals surface area contributed by atoms with Crippen LogP contribution in [0.2, 0.25) is 0 Å². The zero-order chi connectivity index (χ0) is 10.7. The molecule has 0 bridgehead atoms. The Labute approximate surface area is 86.8 Å². The number of rotatable bonds is 4. The number of hydrogen-bond donors (Lipinski definition) is 1. The molecule has 0 saturated heterocycles. The summed E-state index contributed by atoms with van der Waals surface area (Å²) in [4.78, 5) is 11.7. The lowest BCUT2D eigenvalue weighted by Crippen LogP contribution is -2.33. The summed E-state index contributed by atoms with van der Waals surface area (Å²) in [5, 5.41) is 3.43. The van der Waals surface area contributed by atoms with Crippen molar-refractivity contribution in [3.63, 3.8) is 0 Å². The normalized spacial score (nSPS) is 26.4. The molecule has 0 radical (unpaired) electrons. The average molecular weight is 195 g/mol. The van der Waals surface area contributed by atoms with Crippen molar-refractivity contribution in [3.05, 3.63) is 12.2 Å². The van der Waals surface area contributed by atoms with E-state index in [9.17, 15) is 4.79 Å². The van der Waals surface area contributed by atoms with E-state index in [0.717, 1.165) is 6.42 Å². The van der Waals surface area contributed by atoms with Crippen LogP contribution in [0.3, 0.4) is 0 Å². The van der Waals surface area contributed by atoms with E-state index in [-0.39, 0.29) is 11.8 Å². The fourth-order valence-corrected chi connectivity index (χ4v) is 1.89. The lowest BCUT2D eigenvalue weighted by atomic mass is 9.94. The maximum atomic E-state index is 11.7. The van der Waals surface area contributed by atoms with Gasteiger partial charge in [-0.1, -0.05) is 39.8 Å². The van der Waals surface area contributed by atoms with Crippen LogP contribution < -0.4 is 5.32 Å². The monoisotopic (exact) mass is 195 g/mol. The molecule has 0 aliphatic heterocycles. The van der Waals surface area contributed by atoms with Crippen LogP contribution in [0.25, 0.3) is 0 Å². The molecule has 0 unspecified atom stereocenters. The van der Waals surface area contributed by atoms with Crippen LogP contribution in [-0.4, -0.2) is 17.9 Å². The first-order chi connectivity index (χ1) is 6.50.